The lowest BCUT2D eigenvalue weighted by atomic mass is 10.2. The Kier molecular flexibility index (Phi) is 4.68. The Morgan fingerprint density at radius 1 is 1.00 bits per heavy atom. The van der Waals surface area contributed by atoms with Crippen LogP contribution in [0, 0.1) is 0 Å². The Bertz CT molecular complexity index is 614. The van der Waals surface area contributed by atoms with Gasteiger partial charge in [0.15, 0.2) is 6.17 Å². The summed E-state index contributed by atoms with van der Waals surface area (Å²) in [6, 6.07) is 17.8. The zero-order valence-corrected chi connectivity index (χ0v) is 11.7. The van der Waals surface area contributed by atoms with E-state index in [4.69, 9.17) is 5.73 Å². The molecular formula is C16H17N3O2. The predicted octanol–water partition coefficient (Wildman–Crippen LogP) is 1.96. The van der Waals surface area contributed by atoms with Crippen LogP contribution in [-0.4, -0.2) is 18.0 Å². The molecule has 0 saturated heterocycles. The molecule has 0 aliphatic heterocycles. The standard InChI is InChI=1S/C16H17N3O2/c1-12(20)19(14-10-6-3-7-11-14)15(17)16(21)18-13-8-4-2-5-9-13/h2-11,15H,17H2,1H3,(H,18,21). The Morgan fingerprint density at radius 3 is 2.05 bits per heavy atom. The van der Waals surface area contributed by atoms with Crippen LogP contribution in [0.15, 0.2) is 60.7 Å². The summed E-state index contributed by atoms with van der Waals surface area (Å²) in [6.07, 6.45) is -1.09. The molecule has 5 heteroatoms. The average Bonchev–Trinajstić information content (AvgIpc) is 2.49. The number of carbonyl (C=O) groups is 2. The first-order valence-electron chi connectivity index (χ1n) is 6.56. The largest absolute Gasteiger partial charge is 0.323 e. The number of rotatable bonds is 4. The molecule has 0 fully saturated rings. The van der Waals surface area contributed by atoms with Crippen molar-refractivity contribution in [1.29, 1.82) is 0 Å². The van der Waals surface area contributed by atoms with Crippen molar-refractivity contribution in [2.75, 3.05) is 10.2 Å². The quantitative estimate of drug-likeness (QED) is 0.842. The van der Waals surface area contributed by atoms with Crippen molar-refractivity contribution in [3.8, 4) is 0 Å². The molecule has 0 heterocycles. The summed E-state index contributed by atoms with van der Waals surface area (Å²) < 4.78 is 0. The minimum absolute atomic E-state index is 0.295. The number of nitrogens with one attached hydrogen (secondary N) is 1. The molecule has 0 aliphatic rings. The van der Waals surface area contributed by atoms with E-state index in [0.717, 1.165) is 0 Å². The van der Waals surface area contributed by atoms with Crippen LogP contribution in [0.5, 0.6) is 0 Å². The second-order valence-electron chi connectivity index (χ2n) is 4.52. The van der Waals surface area contributed by atoms with Gasteiger partial charge in [0, 0.05) is 18.3 Å². The molecule has 0 radical (unpaired) electrons. The second kappa shape index (κ2) is 6.67. The van der Waals surface area contributed by atoms with Crippen molar-refractivity contribution >= 4 is 23.2 Å². The lowest BCUT2D eigenvalue weighted by Crippen LogP contribution is -2.52. The van der Waals surface area contributed by atoms with Gasteiger partial charge in [0.25, 0.3) is 5.91 Å². The van der Waals surface area contributed by atoms with Crippen LogP contribution >= 0.6 is 0 Å². The van der Waals surface area contributed by atoms with E-state index in [2.05, 4.69) is 5.32 Å². The third-order valence-electron chi connectivity index (χ3n) is 2.96. The summed E-state index contributed by atoms with van der Waals surface area (Å²) >= 11 is 0. The van der Waals surface area contributed by atoms with Gasteiger partial charge < -0.3 is 11.1 Å². The molecule has 2 rings (SSSR count). The number of benzene rings is 2. The Balaban J connectivity index is 2.17. The minimum atomic E-state index is -1.09. The predicted molar refractivity (Wildman–Crippen MR) is 82.6 cm³/mol. The molecule has 0 aromatic heterocycles. The Morgan fingerprint density at radius 2 is 1.52 bits per heavy atom. The number of anilines is 2. The fourth-order valence-corrected chi connectivity index (χ4v) is 1.98. The normalized spacial score (nSPS) is 11.5. The number of hydrogen-bond donors (Lipinski definition) is 2. The number of para-hydroxylation sites is 2. The maximum Gasteiger partial charge on any atom is 0.262 e. The summed E-state index contributed by atoms with van der Waals surface area (Å²) in [6.45, 7) is 1.38. The highest BCUT2D eigenvalue weighted by molar-refractivity contribution is 6.03. The van der Waals surface area contributed by atoms with E-state index in [0.29, 0.717) is 11.4 Å². The molecule has 1 unspecified atom stereocenters. The molecular weight excluding hydrogens is 266 g/mol. The van der Waals surface area contributed by atoms with Crippen LogP contribution < -0.4 is 16.0 Å². The van der Waals surface area contributed by atoms with Crippen molar-refractivity contribution in [3.05, 3.63) is 60.7 Å². The molecule has 1 atom stereocenters. The van der Waals surface area contributed by atoms with Gasteiger partial charge in [0.2, 0.25) is 5.91 Å². The van der Waals surface area contributed by atoms with Crippen LogP contribution in [0.3, 0.4) is 0 Å². The van der Waals surface area contributed by atoms with Crippen LogP contribution in [0.4, 0.5) is 11.4 Å². The summed E-state index contributed by atoms with van der Waals surface area (Å²) in [7, 11) is 0. The lowest BCUT2D eigenvalue weighted by molar-refractivity contribution is -0.122. The number of amides is 2. The fourth-order valence-electron chi connectivity index (χ4n) is 1.98. The highest BCUT2D eigenvalue weighted by atomic mass is 16.2. The molecule has 108 valence electrons. The molecule has 2 aromatic rings. The molecule has 5 nitrogen and oxygen atoms in total. The summed E-state index contributed by atoms with van der Waals surface area (Å²) in [5, 5.41) is 2.69. The second-order valence-corrected chi connectivity index (χ2v) is 4.52. The molecule has 21 heavy (non-hydrogen) atoms. The highest BCUT2D eigenvalue weighted by Gasteiger charge is 2.25. The number of nitrogens with zero attached hydrogens (tertiary/aromatic N) is 1. The van der Waals surface area contributed by atoms with E-state index in [1.54, 1.807) is 48.5 Å². The third-order valence-corrected chi connectivity index (χ3v) is 2.96. The maximum absolute atomic E-state index is 12.2. The summed E-state index contributed by atoms with van der Waals surface area (Å²) in [5.74, 6) is -0.739. The van der Waals surface area contributed by atoms with Gasteiger partial charge in [-0.1, -0.05) is 36.4 Å². The van der Waals surface area contributed by atoms with Gasteiger partial charge in [-0.2, -0.15) is 0 Å². The smallest absolute Gasteiger partial charge is 0.262 e. The Hall–Kier alpha value is -2.66. The lowest BCUT2D eigenvalue weighted by Gasteiger charge is -2.27. The molecule has 2 aromatic carbocycles. The molecule has 2 amide bonds. The zero-order valence-electron chi connectivity index (χ0n) is 11.7. The molecule has 0 spiro atoms. The van der Waals surface area contributed by atoms with Gasteiger partial charge >= 0.3 is 0 Å². The van der Waals surface area contributed by atoms with E-state index in [9.17, 15) is 9.59 Å². The van der Waals surface area contributed by atoms with Crippen molar-refractivity contribution in [1.82, 2.24) is 0 Å². The van der Waals surface area contributed by atoms with Crippen LogP contribution in [0.1, 0.15) is 6.92 Å². The van der Waals surface area contributed by atoms with E-state index in [1.165, 1.54) is 11.8 Å². The van der Waals surface area contributed by atoms with Crippen molar-refractivity contribution < 1.29 is 9.59 Å². The van der Waals surface area contributed by atoms with Crippen LogP contribution in [0.2, 0.25) is 0 Å². The van der Waals surface area contributed by atoms with E-state index < -0.39 is 12.1 Å². The topological polar surface area (TPSA) is 75.4 Å². The van der Waals surface area contributed by atoms with Gasteiger partial charge in [-0.3, -0.25) is 14.5 Å². The van der Waals surface area contributed by atoms with Gasteiger partial charge in [-0.05, 0) is 24.3 Å². The van der Waals surface area contributed by atoms with Crippen LogP contribution in [-0.2, 0) is 9.59 Å². The van der Waals surface area contributed by atoms with E-state index in [1.807, 2.05) is 12.1 Å². The van der Waals surface area contributed by atoms with Crippen molar-refractivity contribution in [2.45, 2.75) is 13.1 Å². The third kappa shape index (κ3) is 3.67. The number of hydrogen-bond acceptors (Lipinski definition) is 3. The van der Waals surface area contributed by atoms with Crippen molar-refractivity contribution in [3.63, 3.8) is 0 Å². The SMILES string of the molecule is CC(=O)N(c1ccccc1)C(N)C(=O)Nc1ccccc1. The summed E-state index contributed by atoms with van der Waals surface area (Å²) in [4.78, 5) is 25.3. The van der Waals surface area contributed by atoms with E-state index in [-0.39, 0.29) is 5.91 Å². The minimum Gasteiger partial charge on any atom is -0.323 e. The van der Waals surface area contributed by atoms with Gasteiger partial charge in [0.1, 0.15) is 0 Å². The molecule has 0 saturated carbocycles. The number of nitrogens with two attached hydrogens (primary N) is 1. The average molecular weight is 283 g/mol. The Labute approximate surface area is 123 Å². The zero-order chi connectivity index (χ0) is 15.2. The first kappa shape index (κ1) is 14.7. The fraction of sp³-hybridized carbons (Fsp3) is 0.125. The van der Waals surface area contributed by atoms with Gasteiger partial charge in [0.05, 0.1) is 0 Å². The van der Waals surface area contributed by atoms with Crippen molar-refractivity contribution in [2.24, 2.45) is 5.73 Å². The molecule has 0 aliphatic carbocycles. The van der Waals surface area contributed by atoms with Gasteiger partial charge in [-0.25, -0.2) is 0 Å². The molecule has 3 N–H and O–H groups in total. The first-order valence-corrected chi connectivity index (χ1v) is 6.56. The highest BCUT2D eigenvalue weighted by Crippen LogP contribution is 2.16. The first-order chi connectivity index (χ1) is 10.1. The van der Waals surface area contributed by atoms with Crippen LogP contribution in [0.25, 0.3) is 0 Å². The monoisotopic (exact) mass is 283 g/mol. The summed E-state index contributed by atoms with van der Waals surface area (Å²) in [5.41, 5.74) is 7.15. The number of carbonyl (C=O) groups excluding carboxylic acids is 2. The van der Waals surface area contributed by atoms with Gasteiger partial charge in [-0.15, -0.1) is 0 Å². The molecule has 0 bridgehead atoms. The van der Waals surface area contributed by atoms with E-state index >= 15 is 0 Å². The maximum atomic E-state index is 12.2.